The molecule has 0 saturated heterocycles. The summed E-state index contributed by atoms with van der Waals surface area (Å²) in [5.41, 5.74) is 2.15. The summed E-state index contributed by atoms with van der Waals surface area (Å²) in [5, 5.41) is 10.9. The summed E-state index contributed by atoms with van der Waals surface area (Å²) in [6, 6.07) is 21.3. The Kier molecular flexibility index (Phi) is 4.87. The van der Waals surface area contributed by atoms with Crippen LogP contribution in [0.2, 0.25) is 0 Å². The highest BCUT2D eigenvalue weighted by atomic mass is 32.1. The number of nitrogens with zero attached hydrogens (tertiary/aromatic N) is 1. The van der Waals surface area contributed by atoms with Crippen LogP contribution in [0.5, 0.6) is 0 Å². The van der Waals surface area contributed by atoms with Crippen molar-refractivity contribution in [2.24, 2.45) is 0 Å². The monoisotopic (exact) mass is 335 g/mol. The molecular weight excluding hydrogens is 318 g/mol. The van der Waals surface area contributed by atoms with Crippen molar-refractivity contribution >= 4 is 23.1 Å². The van der Waals surface area contributed by atoms with Gasteiger partial charge in [-0.05, 0) is 30.2 Å². The van der Waals surface area contributed by atoms with E-state index in [2.05, 4.69) is 37.3 Å². The summed E-state index contributed by atoms with van der Waals surface area (Å²) in [6.45, 7) is 2.10. The minimum absolute atomic E-state index is 0.111. The summed E-state index contributed by atoms with van der Waals surface area (Å²) >= 11 is 1.77. The molecule has 0 saturated carbocycles. The van der Waals surface area contributed by atoms with Crippen molar-refractivity contribution in [2.45, 2.75) is 12.8 Å². The SMILES string of the molecule is Cc1ccc(C(/C=C/c2cccc([N+](=O)[O-])c2)c2ccccc2)s1. The normalized spacial score (nSPS) is 12.4. The number of hydrogen-bond donors (Lipinski definition) is 0. The molecule has 0 spiro atoms. The lowest BCUT2D eigenvalue weighted by molar-refractivity contribution is -0.384. The van der Waals surface area contributed by atoms with Crippen LogP contribution in [0, 0.1) is 17.0 Å². The average Bonchev–Trinajstić information content (AvgIpc) is 3.02. The number of nitro benzene ring substituents is 1. The molecule has 2 aromatic carbocycles. The van der Waals surface area contributed by atoms with Gasteiger partial charge in [-0.1, -0.05) is 54.6 Å². The largest absolute Gasteiger partial charge is 0.270 e. The number of aryl methyl sites for hydroxylation is 1. The van der Waals surface area contributed by atoms with Gasteiger partial charge in [0.1, 0.15) is 0 Å². The van der Waals surface area contributed by atoms with E-state index in [9.17, 15) is 10.1 Å². The van der Waals surface area contributed by atoms with Gasteiger partial charge in [0.25, 0.3) is 5.69 Å². The fourth-order valence-corrected chi connectivity index (χ4v) is 3.59. The molecule has 0 aliphatic rings. The maximum atomic E-state index is 10.9. The van der Waals surface area contributed by atoms with E-state index in [1.54, 1.807) is 23.5 Å². The number of rotatable bonds is 5. The summed E-state index contributed by atoms with van der Waals surface area (Å²) < 4.78 is 0. The third kappa shape index (κ3) is 3.78. The molecule has 0 aliphatic heterocycles. The highest BCUT2D eigenvalue weighted by molar-refractivity contribution is 7.12. The van der Waals surface area contributed by atoms with Crippen LogP contribution in [0.1, 0.15) is 26.8 Å². The van der Waals surface area contributed by atoms with Gasteiger partial charge in [0.05, 0.1) is 4.92 Å². The minimum atomic E-state index is -0.366. The second kappa shape index (κ2) is 7.23. The fraction of sp³-hybridized carbons (Fsp3) is 0.100. The standard InChI is InChI=1S/C20H17NO2S/c1-15-10-13-20(24-15)19(17-7-3-2-4-8-17)12-11-16-6-5-9-18(14-16)21(22)23/h2-14,19H,1H3/b12-11+. The van der Waals surface area contributed by atoms with Gasteiger partial charge in [-0.15, -0.1) is 11.3 Å². The first kappa shape index (κ1) is 16.1. The second-order valence-electron chi connectivity index (χ2n) is 5.55. The molecule has 120 valence electrons. The number of allylic oxidation sites excluding steroid dienone is 1. The Hall–Kier alpha value is -2.72. The lowest BCUT2D eigenvalue weighted by atomic mass is 9.96. The molecule has 1 atom stereocenters. The smallest absolute Gasteiger partial charge is 0.258 e. The Balaban J connectivity index is 1.95. The third-order valence-electron chi connectivity index (χ3n) is 3.79. The molecule has 1 heterocycles. The van der Waals surface area contributed by atoms with Crippen LogP contribution in [-0.4, -0.2) is 4.92 Å². The van der Waals surface area contributed by atoms with Gasteiger partial charge in [-0.2, -0.15) is 0 Å². The van der Waals surface area contributed by atoms with Gasteiger partial charge in [0.15, 0.2) is 0 Å². The molecule has 0 fully saturated rings. The Morgan fingerprint density at radius 1 is 1.04 bits per heavy atom. The average molecular weight is 335 g/mol. The molecule has 0 radical (unpaired) electrons. The molecule has 3 aromatic rings. The third-order valence-corrected chi connectivity index (χ3v) is 4.87. The van der Waals surface area contributed by atoms with Gasteiger partial charge < -0.3 is 0 Å². The predicted molar refractivity (Wildman–Crippen MR) is 99.5 cm³/mol. The van der Waals surface area contributed by atoms with E-state index in [4.69, 9.17) is 0 Å². The van der Waals surface area contributed by atoms with Crippen LogP contribution in [0.3, 0.4) is 0 Å². The molecule has 3 nitrogen and oxygen atoms in total. The second-order valence-corrected chi connectivity index (χ2v) is 6.87. The molecule has 1 unspecified atom stereocenters. The molecule has 0 N–H and O–H groups in total. The van der Waals surface area contributed by atoms with E-state index in [0.29, 0.717) is 0 Å². The first-order chi connectivity index (χ1) is 11.6. The van der Waals surface area contributed by atoms with E-state index in [0.717, 1.165) is 5.56 Å². The number of non-ortho nitro benzene ring substituents is 1. The van der Waals surface area contributed by atoms with Gasteiger partial charge in [0.2, 0.25) is 0 Å². The molecule has 3 rings (SSSR count). The van der Waals surface area contributed by atoms with Crippen molar-refractivity contribution in [3.63, 3.8) is 0 Å². The van der Waals surface area contributed by atoms with Crippen LogP contribution in [-0.2, 0) is 0 Å². The first-order valence-corrected chi connectivity index (χ1v) is 8.49. The predicted octanol–water partition coefficient (Wildman–Crippen LogP) is 5.81. The number of thiophene rings is 1. The zero-order chi connectivity index (χ0) is 16.9. The summed E-state index contributed by atoms with van der Waals surface area (Å²) in [5.74, 6) is 0.143. The Morgan fingerprint density at radius 3 is 2.50 bits per heavy atom. The lowest BCUT2D eigenvalue weighted by Gasteiger charge is -2.11. The van der Waals surface area contributed by atoms with Gasteiger partial charge >= 0.3 is 0 Å². The van der Waals surface area contributed by atoms with Crippen molar-refractivity contribution in [2.75, 3.05) is 0 Å². The summed E-state index contributed by atoms with van der Waals surface area (Å²) in [7, 11) is 0. The number of benzene rings is 2. The van der Waals surface area contributed by atoms with Crippen LogP contribution in [0.4, 0.5) is 5.69 Å². The van der Waals surface area contributed by atoms with Crippen molar-refractivity contribution in [1.82, 2.24) is 0 Å². The lowest BCUT2D eigenvalue weighted by Crippen LogP contribution is -1.94. The van der Waals surface area contributed by atoms with Crippen molar-refractivity contribution < 1.29 is 4.92 Å². The topological polar surface area (TPSA) is 43.1 Å². The quantitative estimate of drug-likeness (QED) is 0.436. The number of nitro groups is 1. The van der Waals surface area contributed by atoms with Crippen molar-refractivity contribution in [1.29, 1.82) is 0 Å². The Bertz CT molecular complexity index is 868. The highest BCUT2D eigenvalue weighted by Crippen LogP contribution is 2.32. The van der Waals surface area contributed by atoms with Gasteiger partial charge in [-0.25, -0.2) is 0 Å². The van der Waals surface area contributed by atoms with Crippen LogP contribution in [0.15, 0.2) is 72.8 Å². The molecule has 4 heteroatoms. The molecule has 0 amide bonds. The van der Waals surface area contributed by atoms with Gasteiger partial charge in [-0.3, -0.25) is 10.1 Å². The van der Waals surface area contributed by atoms with Crippen LogP contribution >= 0.6 is 11.3 Å². The molecule has 0 aliphatic carbocycles. The molecule has 0 bridgehead atoms. The van der Waals surface area contributed by atoms with Gasteiger partial charge in [0, 0.05) is 27.8 Å². The maximum absolute atomic E-state index is 10.9. The molecule has 24 heavy (non-hydrogen) atoms. The van der Waals surface area contributed by atoms with Crippen LogP contribution in [0.25, 0.3) is 6.08 Å². The van der Waals surface area contributed by atoms with E-state index in [1.807, 2.05) is 30.3 Å². The van der Waals surface area contributed by atoms with E-state index < -0.39 is 0 Å². The highest BCUT2D eigenvalue weighted by Gasteiger charge is 2.13. The van der Waals surface area contributed by atoms with Crippen molar-refractivity contribution in [3.05, 3.63) is 104 Å². The zero-order valence-electron chi connectivity index (χ0n) is 13.3. The Morgan fingerprint density at radius 2 is 1.83 bits per heavy atom. The van der Waals surface area contributed by atoms with E-state index in [-0.39, 0.29) is 16.5 Å². The molecule has 1 aromatic heterocycles. The van der Waals surface area contributed by atoms with Crippen LogP contribution < -0.4 is 0 Å². The minimum Gasteiger partial charge on any atom is -0.258 e. The van der Waals surface area contributed by atoms with Crippen molar-refractivity contribution in [3.8, 4) is 0 Å². The maximum Gasteiger partial charge on any atom is 0.270 e. The van der Waals surface area contributed by atoms with E-state index >= 15 is 0 Å². The van der Waals surface area contributed by atoms with E-state index in [1.165, 1.54) is 21.4 Å². The fourth-order valence-electron chi connectivity index (χ4n) is 2.60. The molecular formula is C20H17NO2S. The Labute approximate surface area is 145 Å². The number of hydrogen-bond acceptors (Lipinski definition) is 3. The summed E-state index contributed by atoms with van der Waals surface area (Å²) in [4.78, 5) is 13.1. The summed E-state index contributed by atoms with van der Waals surface area (Å²) in [6.07, 6.45) is 4.07. The first-order valence-electron chi connectivity index (χ1n) is 7.67. The zero-order valence-corrected chi connectivity index (χ0v) is 14.1.